The number of methoxy groups -OCH3 is 2. The molecule has 11 heteroatoms. The van der Waals surface area contributed by atoms with Crippen LogP contribution in [-0.2, 0) is 19.1 Å². The highest BCUT2D eigenvalue weighted by atomic mass is 79.9. The normalized spacial score (nSPS) is 15.1. The molecule has 0 spiro atoms. The maximum absolute atomic E-state index is 12.8. The number of nitrogens with one attached hydrogen (secondary N) is 2. The molecule has 1 heterocycles. The molecule has 3 rings (SSSR count). The Labute approximate surface area is 198 Å². The van der Waals surface area contributed by atoms with E-state index in [1.54, 1.807) is 42.5 Å². The summed E-state index contributed by atoms with van der Waals surface area (Å²) in [6.45, 7) is -0.584. The molecule has 0 saturated carbocycles. The standard InChI is InChI=1S/C22H22BrN3O7/c1-31-16-4-3-5-17(32-2)20(16)21(29)25-26-11-13(10-19(26)28)22(30)33-12-18(27)24-15-8-6-14(23)7-9-15/h3-9,13H,10-12H2,1-2H3,(H,24,27)(H,25,29)/t13-/m1/s1. The highest BCUT2D eigenvalue weighted by Gasteiger charge is 2.37. The third-order valence-corrected chi connectivity index (χ3v) is 5.35. The van der Waals surface area contributed by atoms with Gasteiger partial charge in [-0.1, -0.05) is 22.0 Å². The first kappa shape index (κ1) is 24.1. The minimum absolute atomic E-state index is 0.0881. The van der Waals surface area contributed by atoms with Crippen LogP contribution in [0.2, 0.25) is 0 Å². The van der Waals surface area contributed by atoms with Crippen molar-refractivity contribution in [1.29, 1.82) is 0 Å². The van der Waals surface area contributed by atoms with Crippen LogP contribution in [0.15, 0.2) is 46.9 Å². The van der Waals surface area contributed by atoms with Crippen molar-refractivity contribution in [1.82, 2.24) is 10.4 Å². The van der Waals surface area contributed by atoms with Crippen LogP contribution in [0.4, 0.5) is 5.69 Å². The number of esters is 1. The molecule has 0 aromatic heterocycles. The van der Waals surface area contributed by atoms with E-state index in [1.165, 1.54) is 14.2 Å². The molecule has 0 radical (unpaired) electrons. The van der Waals surface area contributed by atoms with E-state index in [0.717, 1.165) is 9.48 Å². The summed E-state index contributed by atoms with van der Waals surface area (Å²) in [4.78, 5) is 49.4. The fraction of sp³-hybridized carbons (Fsp3) is 0.273. The number of hydrogen-bond donors (Lipinski definition) is 2. The monoisotopic (exact) mass is 519 g/mol. The molecule has 2 aromatic carbocycles. The summed E-state index contributed by atoms with van der Waals surface area (Å²) in [6, 6.07) is 11.7. The second-order valence-electron chi connectivity index (χ2n) is 7.05. The first-order valence-corrected chi connectivity index (χ1v) is 10.7. The zero-order chi connectivity index (χ0) is 24.0. The largest absolute Gasteiger partial charge is 0.496 e. The van der Waals surface area contributed by atoms with E-state index in [4.69, 9.17) is 14.2 Å². The van der Waals surface area contributed by atoms with Gasteiger partial charge in [-0.25, -0.2) is 0 Å². The molecule has 2 aromatic rings. The van der Waals surface area contributed by atoms with Gasteiger partial charge in [0.2, 0.25) is 5.91 Å². The first-order valence-electron chi connectivity index (χ1n) is 9.86. The fourth-order valence-electron chi connectivity index (χ4n) is 3.21. The summed E-state index contributed by atoms with van der Waals surface area (Å²) in [5.74, 6) is -2.58. The molecule has 1 atom stereocenters. The summed E-state index contributed by atoms with van der Waals surface area (Å²) in [5, 5.41) is 3.65. The van der Waals surface area contributed by atoms with Crippen LogP contribution in [0.1, 0.15) is 16.8 Å². The van der Waals surface area contributed by atoms with Gasteiger partial charge in [-0.2, -0.15) is 0 Å². The third-order valence-electron chi connectivity index (χ3n) is 4.82. The van der Waals surface area contributed by atoms with Gasteiger partial charge in [0.1, 0.15) is 17.1 Å². The molecule has 174 valence electrons. The molecule has 0 aliphatic carbocycles. The van der Waals surface area contributed by atoms with E-state index in [-0.39, 0.29) is 30.0 Å². The van der Waals surface area contributed by atoms with E-state index in [2.05, 4.69) is 26.7 Å². The lowest BCUT2D eigenvalue weighted by Gasteiger charge is -2.19. The number of rotatable bonds is 8. The Morgan fingerprint density at radius 3 is 2.30 bits per heavy atom. The molecular weight excluding hydrogens is 498 g/mol. The number of halogens is 1. The zero-order valence-electron chi connectivity index (χ0n) is 17.9. The molecule has 1 fully saturated rings. The lowest BCUT2D eigenvalue weighted by molar-refractivity contribution is -0.151. The molecule has 1 saturated heterocycles. The second kappa shape index (κ2) is 10.8. The van der Waals surface area contributed by atoms with Crippen LogP contribution in [-0.4, -0.2) is 56.1 Å². The molecule has 2 N–H and O–H groups in total. The Morgan fingerprint density at radius 1 is 1.06 bits per heavy atom. The van der Waals surface area contributed by atoms with Crippen LogP contribution in [0.5, 0.6) is 11.5 Å². The van der Waals surface area contributed by atoms with E-state index >= 15 is 0 Å². The predicted octanol–water partition coefficient (Wildman–Crippen LogP) is 2.14. The summed E-state index contributed by atoms with van der Waals surface area (Å²) in [6.07, 6.45) is -0.156. The average molecular weight is 520 g/mol. The van der Waals surface area contributed by atoms with Crippen LogP contribution in [0.3, 0.4) is 0 Å². The molecule has 10 nitrogen and oxygen atoms in total. The number of benzene rings is 2. The number of carbonyl (C=O) groups excluding carboxylic acids is 4. The quantitative estimate of drug-likeness (QED) is 0.512. The van der Waals surface area contributed by atoms with Crippen molar-refractivity contribution in [3.05, 3.63) is 52.5 Å². The van der Waals surface area contributed by atoms with Crippen molar-refractivity contribution >= 4 is 45.3 Å². The van der Waals surface area contributed by atoms with Crippen LogP contribution < -0.4 is 20.2 Å². The lowest BCUT2D eigenvalue weighted by Crippen LogP contribution is -2.43. The highest BCUT2D eigenvalue weighted by Crippen LogP contribution is 2.28. The molecule has 33 heavy (non-hydrogen) atoms. The van der Waals surface area contributed by atoms with E-state index in [0.29, 0.717) is 5.69 Å². The summed E-state index contributed by atoms with van der Waals surface area (Å²) >= 11 is 3.30. The molecule has 0 bridgehead atoms. The molecule has 1 aliphatic rings. The van der Waals surface area contributed by atoms with Gasteiger partial charge in [0.25, 0.3) is 11.8 Å². The van der Waals surface area contributed by atoms with Gasteiger partial charge in [-0.05, 0) is 36.4 Å². The lowest BCUT2D eigenvalue weighted by atomic mass is 10.1. The van der Waals surface area contributed by atoms with Crippen molar-refractivity contribution in [2.75, 3.05) is 32.7 Å². The molecule has 1 aliphatic heterocycles. The summed E-state index contributed by atoms with van der Waals surface area (Å²) in [7, 11) is 2.82. The Bertz CT molecular complexity index is 1040. The number of hydrogen-bond acceptors (Lipinski definition) is 7. The van der Waals surface area contributed by atoms with Crippen LogP contribution in [0.25, 0.3) is 0 Å². The van der Waals surface area contributed by atoms with Gasteiger partial charge in [0.15, 0.2) is 6.61 Å². The number of nitrogens with zero attached hydrogens (tertiary/aromatic N) is 1. The van der Waals surface area contributed by atoms with Crippen molar-refractivity contribution in [3.8, 4) is 11.5 Å². The fourth-order valence-corrected chi connectivity index (χ4v) is 3.48. The van der Waals surface area contributed by atoms with Crippen LogP contribution >= 0.6 is 15.9 Å². The van der Waals surface area contributed by atoms with Crippen molar-refractivity contribution in [3.63, 3.8) is 0 Å². The van der Waals surface area contributed by atoms with Gasteiger partial charge >= 0.3 is 5.97 Å². The Morgan fingerprint density at radius 2 is 1.70 bits per heavy atom. The van der Waals surface area contributed by atoms with Crippen molar-refractivity contribution in [2.45, 2.75) is 6.42 Å². The van der Waals surface area contributed by atoms with E-state index in [9.17, 15) is 19.2 Å². The van der Waals surface area contributed by atoms with E-state index in [1.807, 2.05) is 0 Å². The van der Waals surface area contributed by atoms with Gasteiger partial charge in [-0.15, -0.1) is 0 Å². The minimum Gasteiger partial charge on any atom is -0.496 e. The molecular formula is C22H22BrN3O7. The number of carbonyl (C=O) groups is 4. The van der Waals surface area contributed by atoms with Gasteiger partial charge in [-0.3, -0.25) is 29.6 Å². The Hall–Kier alpha value is -3.60. The van der Waals surface area contributed by atoms with E-state index < -0.39 is 36.2 Å². The van der Waals surface area contributed by atoms with Gasteiger partial charge < -0.3 is 19.5 Å². The maximum Gasteiger partial charge on any atom is 0.311 e. The predicted molar refractivity (Wildman–Crippen MR) is 121 cm³/mol. The number of hydrazine groups is 1. The maximum atomic E-state index is 12.8. The molecule has 3 amide bonds. The highest BCUT2D eigenvalue weighted by molar-refractivity contribution is 9.10. The number of anilines is 1. The molecule has 0 unspecified atom stereocenters. The smallest absolute Gasteiger partial charge is 0.311 e. The SMILES string of the molecule is COc1cccc(OC)c1C(=O)NN1C[C@H](C(=O)OCC(=O)Nc2ccc(Br)cc2)CC1=O. The van der Waals surface area contributed by atoms with Crippen molar-refractivity contribution < 1.29 is 33.4 Å². The van der Waals surface area contributed by atoms with Gasteiger partial charge in [0.05, 0.1) is 26.7 Å². The summed E-state index contributed by atoms with van der Waals surface area (Å²) < 4.78 is 16.3. The first-order chi connectivity index (χ1) is 15.8. The van der Waals surface area contributed by atoms with Gasteiger partial charge in [0, 0.05) is 16.6 Å². The minimum atomic E-state index is -0.821. The number of amides is 3. The third kappa shape index (κ3) is 6.01. The van der Waals surface area contributed by atoms with Crippen LogP contribution in [0, 0.1) is 5.92 Å². The Balaban J connectivity index is 1.54. The average Bonchev–Trinajstić information content (AvgIpc) is 3.18. The van der Waals surface area contributed by atoms with Crippen molar-refractivity contribution in [2.24, 2.45) is 5.92 Å². The Kier molecular flexibility index (Phi) is 7.88. The zero-order valence-corrected chi connectivity index (χ0v) is 19.5. The second-order valence-corrected chi connectivity index (χ2v) is 7.96. The number of ether oxygens (including phenoxy) is 3. The topological polar surface area (TPSA) is 123 Å². The summed E-state index contributed by atoms with van der Waals surface area (Å²) in [5.41, 5.74) is 3.14.